The van der Waals surface area contributed by atoms with Gasteiger partial charge in [0.2, 0.25) is 0 Å². The van der Waals surface area contributed by atoms with Gasteiger partial charge in [-0.3, -0.25) is 0 Å². The smallest absolute Gasteiger partial charge is 0.0499 e. The normalized spacial score (nSPS) is 27.0. The van der Waals surface area contributed by atoms with Crippen LogP contribution in [0.5, 0.6) is 0 Å². The van der Waals surface area contributed by atoms with Gasteiger partial charge in [-0.1, -0.05) is 13.8 Å². The lowest BCUT2D eigenvalue weighted by atomic mass is 9.65. The van der Waals surface area contributed by atoms with Crippen molar-refractivity contribution in [2.75, 3.05) is 13.2 Å². The zero-order chi connectivity index (χ0) is 9.24. The summed E-state index contributed by atoms with van der Waals surface area (Å²) in [4.78, 5) is 0. The SMILES string of the molecule is CC1(C)CCC(CN)(CO)CC1. The molecule has 0 unspecified atom stereocenters. The van der Waals surface area contributed by atoms with E-state index in [4.69, 9.17) is 5.73 Å². The van der Waals surface area contributed by atoms with Crippen molar-refractivity contribution in [1.29, 1.82) is 0 Å². The maximum absolute atomic E-state index is 9.23. The predicted molar refractivity (Wildman–Crippen MR) is 50.8 cm³/mol. The van der Waals surface area contributed by atoms with Gasteiger partial charge in [-0.05, 0) is 31.1 Å². The molecule has 0 radical (unpaired) electrons. The van der Waals surface area contributed by atoms with E-state index in [1.54, 1.807) is 0 Å². The molecule has 72 valence electrons. The van der Waals surface area contributed by atoms with Crippen LogP contribution in [0.15, 0.2) is 0 Å². The molecule has 1 fully saturated rings. The summed E-state index contributed by atoms with van der Waals surface area (Å²) in [6.07, 6.45) is 4.58. The maximum Gasteiger partial charge on any atom is 0.0499 e. The van der Waals surface area contributed by atoms with Crippen molar-refractivity contribution in [2.24, 2.45) is 16.6 Å². The summed E-state index contributed by atoms with van der Waals surface area (Å²) in [5.74, 6) is 0. The minimum absolute atomic E-state index is 0.0511. The first-order valence-corrected chi connectivity index (χ1v) is 4.85. The molecule has 0 heterocycles. The number of hydrogen-bond acceptors (Lipinski definition) is 2. The zero-order valence-corrected chi connectivity index (χ0v) is 8.27. The number of nitrogens with two attached hydrogens (primary N) is 1. The van der Waals surface area contributed by atoms with Crippen LogP contribution in [0.25, 0.3) is 0 Å². The molecular formula is C10H21NO. The second-order valence-electron chi connectivity index (χ2n) is 5.03. The van der Waals surface area contributed by atoms with Gasteiger partial charge in [-0.25, -0.2) is 0 Å². The Hall–Kier alpha value is -0.0800. The first-order chi connectivity index (χ1) is 5.54. The summed E-state index contributed by atoms with van der Waals surface area (Å²) in [5.41, 5.74) is 6.19. The van der Waals surface area contributed by atoms with Gasteiger partial charge in [-0.2, -0.15) is 0 Å². The van der Waals surface area contributed by atoms with Gasteiger partial charge in [0.05, 0.1) is 0 Å². The summed E-state index contributed by atoms with van der Waals surface area (Å²) in [7, 11) is 0. The van der Waals surface area contributed by atoms with Gasteiger partial charge in [0.15, 0.2) is 0 Å². The van der Waals surface area contributed by atoms with Crippen molar-refractivity contribution in [1.82, 2.24) is 0 Å². The topological polar surface area (TPSA) is 46.2 Å². The van der Waals surface area contributed by atoms with E-state index in [-0.39, 0.29) is 12.0 Å². The lowest BCUT2D eigenvalue weighted by molar-refractivity contribution is 0.0474. The van der Waals surface area contributed by atoms with E-state index in [0.29, 0.717) is 12.0 Å². The highest BCUT2D eigenvalue weighted by Crippen LogP contribution is 2.44. The molecule has 0 atom stereocenters. The van der Waals surface area contributed by atoms with Crippen LogP contribution in [0.2, 0.25) is 0 Å². The molecule has 0 amide bonds. The van der Waals surface area contributed by atoms with Gasteiger partial charge in [0.1, 0.15) is 0 Å². The zero-order valence-electron chi connectivity index (χ0n) is 8.27. The fourth-order valence-corrected chi connectivity index (χ4v) is 1.88. The highest BCUT2D eigenvalue weighted by atomic mass is 16.3. The number of aliphatic hydroxyl groups excluding tert-OH is 1. The second-order valence-corrected chi connectivity index (χ2v) is 5.03. The molecule has 0 aliphatic heterocycles. The average molecular weight is 171 g/mol. The van der Waals surface area contributed by atoms with Crippen LogP contribution < -0.4 is 5.73 Å². The first kappa shape index (κ1) is 10.0. The summed E-state index contributed by atoms with van der Waals surface area (Å²) in [5, 5.41) is 9.23. The van der Waals surface area contributed by atoms with Crippen molar-refractivity contribution < 1.29 is 5.11 Å². The molecule has 1 aliphatic rings. The summed E-state index contributed by atoms with van der Waals surface area (Å²) in [6, 6.07) is 0. The highest BCUT2D eigenvalue weighted by molar-refractivity contribution is 4.89. The molecule has 1 rings (SSSR count). The molecule has 0 saturated heterocycles. The Bertz CT molecular complexity index is 138. The van der Waals surface area contributed by atoms with Crippen LogP contribution in [-0.2, 0) is 0 Å². The standard InChI is InChI=1S/C10H21NO/c1-9(2)3-5-10(7-11,8-12)6-4-9/h12H,3-8,11H2,1-2H3. The van der Waals surface area contributed by atoms with Gasteiger partial charge in [-0.15, -0.1) is 0 Å². The van der Waals surface area contributed by atoms with Crippen LogP contribution in [0.1, 0.15) is 39.5 Å². The molecule has 2 heteroatoms. The molecular weight excluding hydrogens is 150 g/mol. The molecule has 0 spiro atoms. The molecule has 12 heavy (non-hydrogen) atoms. The van der Waals surface area contributed by atoms with Crippen molar-refractivity contribution in [3.05, 3.63) is 0 Å². The molecule has 1 saturated carbocycles. The van der Waals surface area contributed by atoms with E-state index in [0.717, 1.165) is 12.8 Å². The van der Waals surface area contributed by atoms with Gasteiger partial charge < -0.3 is 10.8 Å². The quantitative estimate of drug-likeness (QED) is 0.661. The Morgan fingerprint density at radius 3 is 2.00 bits per heavy atom. The van der Waals surface area contributed by atoms with E-state index < -0.39 is 0 Å². The Kier molecular flexibility index (Phi) is 2.79. The summed E-state index contributed by atoms with van der Waals surface area (Å²) >= 11 is 0. The van der Waals surface area contributed by atoms with Crippen LogP contribution >= 0.6 is 0 Å². The third kappa shape index (κ3) is 1.99. The molecule has 1 aliphatic carbocycles. The van der Waals surface area contributed by atoms with Gasteiger partial charge in [0.25, 0.3) is 0 Å². The van der Waals surface area contributed by atoms with Gasteiger partial charge in [0, 0.05) is 18.6 Å². The number of aliphatic hydroxyl groups is 1. The van der Waals surface area contributed by atoms with Crippen molar-refractivity contribution in [3.8, 4) is 0 Å². The van der Waals surface area contributed by atoms with Crippen LogP contribution in [0.3, 0.4) is 0 Å². The van der Waals surface area contributed by atoms with Crippen molar-refractivity contribution in [2.45, 2.75) is 39.5 Å². The van der Waals surface area contributed by atoms with E-state index in [9.17, 15) is 5.11 Å². The van der Waals surface area contributed by atoms with E-state index >= 15 is 0 Å². The molecule has 0 aromatic rings. The fraction of sp³-hybridized carbons (Fsp3) is 1.00. The monoisotopic (exact) mass is 171 g/mol. The summed E-state index contributed by atoms with van der Waals surface area (Å²) < 4.78 is 0. The average Bonchev–Trinajstić information content (AvgIpc) is 2.06. The first-order valence-electron chi connectivity index (χ1n) is 4.85. The lowest BCUT2D eigenvalue weighted by Crippen LogP contribution is -2.39. The number of rotatable bonds is 2. The van der Waals surface area contributed by atoms with Crippen LogP contribution in [0.4, 0.5) is 0 Å². The Labute approximate surface area is 75.2 Å². The number of hydrogen-bond donors (Lipinski definition) is 2. The minimum Gasteiger partial charge on any atom is -0.396 e. The molecule has 3 N–H and O–H groups in total. The van der Waals surface area contributed by atoms with Crippen LogP contribution in [0, 0.1) is 10.8 Å². The van der Waals surface area contributed by atoms with Crippen LogP contribution in [-0.4, -0.2) is 18.3 Å². The van der Waals surface area contributed by atoms with E-state index in [1.807, 2.05) is 0 Å². The predicted octanol–water partition coefficient (Wildman–Crippen LogP) is 1.52. The fourth-order valence-electron chi connectivity index (χ4n) is 1.88. The Morgan fingerprint density at radius 2 is 1.67 bits per heavy atom. The molecule has 0 aromatic heterocycles. The third-order valence-electron chi connectivity index (χ3n) is 3.43. The van der Waals surface area contributed by atoms with Crippen molar-refractivity contribution in [3.63, 3.8) is 0 Å². The largest absolute Gasteiger partial charge is 0.396 e. The van der Waals surface area contributed by atoms with E-state index in [1.165, 1.54) is 12.8 Å². The second kappa shape index (κ2) is 3.35. The Morgan fingerprint density at radius 1 is 1.17 bits per heavy atom. The van der Waals surface area contributed by atoms with E-state index in [2.05, 4.69) is 13.8 Å². The lowest BCUT2D eigenvalue weighted by Gasteiger charge is -2.41. The van der Waals surface area contributed by atoms with Gasteiger partial charge >= 0.3 is 0 Å². The molecule has 2 nitrogen and oxygen atoms in total. The Balaban J connectivity index is 2.53. The summed E-state index contributed by atoms with van der Waals surface area (Å²) in [6.45, 7) is 5.49. The minimum atomic E-state index is 0.0511. The van der Waals surface area contributed by atoms with Crippen molar-refractivity contribution >= 4 is 0 Å². The molecule has 0 bridgehead atoms. The highest BCUT2D eigenvalue weighted by Gasteiger charge is 2.36. The maximum atomic E-state index is 9.23. The third-order valence-corrected chi connectivity index (χ3v) is 3.43. The molecule has 0 aromatic carbocycles.